The number of carbonyl (C=O) groups is 2. The molecule has 1 aromatic carbocycles. The van der Waals surface area contributed by atoms with Crippen molar-refractivity contribution in [3.8, 4) is 0 Å². The van der Waals surface area contributed by atoms with Crippen molar-refractivity contribution in [2.75, 3.05) is 18.6 Å². The maximum absolute atomic E-state index is 12.5. The van der Waals surface area contributed by atoms with Crippen LogP contribution in [-0.4, -0.2) is 41.5 Å². The Morgan fingerprint density at radius 3 is 2.35 bits per heavy atom. The van der Waals surface area contributed by atoms with Crippen LogP contribution >= 0.6 is 11.8 Å². The lowest BCUT2D eigenvalue weighted by Gasteiger charge is -2.16. The Hall–Kier alpha value is -2.87. The van der Waals surface area contributed by atoms with E-state index in [0.29, 0.717) is 11.5 Å². The first kappa shape index (κ1) is 29.2. The molecule has 0 aliphatic rings. The summed E-state index contributed by atoms with van der Waals surface area (Å²) in [5.41, 5.74) is 3.96. The van der Waals surface area contributed by atoms with Crippen LogP contribution in [0.15, 0.2) is 59.2 Å². The number of allylic oxidation sites excluding steroid dienone is 5. The van der Waals surface area contributed by atoms with E-state index in [1.165, 1.54) is 59.9 Å². The number of amides is 1. The third-order valence-electron chi connectivity index (χ3n) is 5.07. The van der Waals surface area contributed by atoms with E-state index >= 15 is 0 Å². The Labute approximate surface area is 206 Å². The van der Waals surface area contributed by atoms with Crippen molar-refractivity contribution in [3.63, 3.8) is 0 Å². The van der Waals surface area contributed by atoms with Crippen LogP contribution in [0.1, 0.15) is 63.7 Å². The number of nitro benzene ring substituents is 1. The summed E-state index contributed by atoms with van der Waals surface area (Å²) >= 11 is 1.51. The number of thioether (sulfide) groups is 1. The monoisotopic (exact) mass is 488 g/mol. The minimum absolute atomic E-state index is 0.119. The molecule has 1 rings (SSSR count). The summed E-state index contributed by atoms with van der Waals surface area (Å²) < 4.78 is 4.81. The predicted octanol–water partition coefficient (Wildman–Crippen LogP) is 6.02. The molecular weight excluding hydrogens is 452 g/mol. The number of ether oxygens (including phenoxy) is 1. The molecule has 1 N–H and O–H groups in total. The van der Waals surface area contributed by atoms with Gasteiger partial charge in [0.15, 0.2) is 0 Å². The molecule has 0 heterocycles. The van der Waals surface area contributed by atoms with Crippen LogP contribution in [0, 0.1) is 10.1 Å². The molecule has 1 atom stereocenters. The summed E-state index contributed by atoms with van der Waals surface area (Å²) in [5.74, 6) is -0.0747. The molecule has 1 aromatic rings. The molecule has 0 saturated heterocycles. The largest absolute Gasteiger partial charge is 0.467 e. The summed E-state index contributed by atoms with van der Waals surface area (Å²) in [6.45, 7) is 8.49. The van der Waals surface area contributed by atoms with E-state index in [0.717, 1.165) is 25.7 Å². The molecule has 0 fully saturated rings. The molecule has 7 nitrogen and oxygen atoms in total. The average molecular weight is 489 g/mol. The lowest BCUT2D eigenvalue weighted by atomic mass is 10.1. The van der Waals surface area contributed by atoms with Gasteiger partial charge >= 0.3 is 5.97 Å². The number of hydrogen-bond acceptors (Lipinski definition) is 6. The van der Waals surface area contributed by atoms with E-state index in [9.17, 15) is 19.7 Å². The van der Waals surface area contributed by atoms with E-state index < -0.39 is 22.8 Å². The van der Waals surface area contributed by atoms with E-state index in [1.807, 2.05) is 0 Å². The Morgan fingerprint density at radius 1 is 1.09 bits per heavy atom. The molecule has 8 heteroatoms. The second-order valence-corrected chi connectivity index (χ2v) is 9.43. The lowest BCUT2D eigenvalue weighted by molar-refractivity contribution is -0.384. The Kier molecular flexibility index (Phi) is 13.6. The van der Waals surface area contributed by atoms with Gasteiger partial charge in [0.1, 0.15) is 6.04 Å². The van der Waals surface area contributed by atoms with E-state index in [4.69, 9.17) is 4.74 Å². The molecule has 0 aliphatic carbocycles. The molecule has 0 bridgehead atoms. The standard InChI is InChI=1S/C26H36N2O5S/c1-19(2)9-6-10-20(3)11-7-12-21(4)15-16-34-18-24(26(30)33-5)27-25(29)22-13-8-14-23(17-22)28(31)32/h8-9,11,13-15,17,24H,6-7,10,12,16,18H2,1-5H3,(H,27,29)/b20-11+,21-15+/t24-/m0/s1. The molecule has 34 heavy (non-hydrogen) atoms. The van der Waals surface area contributed by atoms with Crippen molar-refractivity contribution in [1.82, 2.24) is 5.32 Å². The van der Waals surface area contributed by atoms with Crippen LogP contribution in [0.5, 0.6) is 0 Å². The van der Waals surface area contributed by atoms with Crippen LogP contribution in [0.3, 0.4) is 0 Å². The fourth-order valence-corrected chi connectivity index (χ4v) is 4.03. The smallest absolute Gasteiger partial charge is 0.329 e. The van der Waals surface area contributed by atoms with E-state index in [1.54, 1.807) is 0 Å². The second kappa shape index (κ2) is 15.9. The molecule has 0 unspecified atom stereocenters. The van der Waals surface area contributed by atoms with Gasteiger partial charge in [0.2, 0.25) is 0 Å². The summed E-state index contributed by atoms with van der Waals surface area (Å²) in [7, 11) is 1.26. The molecule has 0 aliphatic heterocycles. The molecule has 0 radical (unpaired) electrons. The van der Waals surface area contributed by atoms with Crippen molar-refractivity contribution in [3.05, 3.63) is 74.9 Å². The predicted molar refractivity (Wildman–Crippen MR) is 139 cm³/mol. The number of benzene rings is 1. The first-order chi connectivity index (χ1) is 16.1. The number of rotatable bonds is 14. The van der Waals surface area contributed by atoms with E-state index in [-0.39, 0.29) is 11.3 Å². The van der Waals surface area contributed by atoms with Crippen molar-refractivity contribution in [2.45, 2.75) is 59.4 Å². The number of esters is 1. The van der Waals surface area contributed by atoms with Gasteiger partial charge in [0.25, 0.3) is 11.6 Å². The Balaban J connectivity index is 2.53. The van der Waals surface area contributed by atoms with Crippen molar-refractivity contribution in [1.29, 1.82) is 0 Å². The van der Waals surface area contributed by atoms with Gasteiger partial charge in [-0.15, -0.1) is 0 Å². The van der Waals surface area contributed by atoms with Crippen LogP contribution in [-0.2, 0) is 9.53 Å². The van der Waals surface area contributed by atoms with Gasteiger partial charge in [0, 0.05) is 29.2 Å². The average Bonchev–Trinajstić information content (AvgIpc) is 2.80. The van der Waals surface area contributed by atoms with Crippen LogP contribution in [0.4, 0.5) is 5.69 Å². The number of nitrogens with zero attached hydrogens (tertiary/aromatic N) is 1. The van der Waals surface area contributed by atoms with Crippen molar-refractivity contribution in [2.24, 2.45) is 0 Å². The topological polar surface area (TPSA) is 98.5 Å². The lowest BCUT2D eigenvalue weighted by Crippen LogP contribution is -2.43. The highest BCUT2D eigenvalue weighted by Gasteiger charge is 2.22. The van der Waals surface area contributed by atoms with Gasteiger partial charge in [-0.3, -0.25) is 14.9 Å². The molecule has 0 saturated carbocycles. The molecule has 0 aromatic heterocycles. The van der Waals surface area contributed by atoms with Gasteiger partial charge in [-0.1, -0.05) is 41.0 Å². The normalized spacial score (nSPS) is 12.6. The number of hydrogen-bond donors (Lipinski definition) is 1. The van der Waals surface area contributed by atoms with Crippen LogP contribution in [0.2, 0.25) is 0 Å². The van der Waals surface area contributed by atoms with E-state index in [2.05, 4.69) is 51.2 Å². The molecule has 0 spiro atoms. The number of nitrogens with one attached hydrogen (secondary N) is 1. The number of non-ortho nitro benzene ring substituents is 1. The fourth-order valence-electron chi connectivity index (χ4n) is 3.04. The molecule has 1 amide bonds. The van der Waals surface area contributed by atoms with Crippen molar-refractivity contribution < 1.29 is 19.2 Å². The highest BCUT2D eigenvalue weighted by Crippen LogP contribution is 2.15. The Morgan fingerprint density at radius 2 is 1.74 bits per heavy atom. The SMILES string of the molecule is COC(=O)[C@H](CSC/C=C(\C)CC/C=C(\C)CCC=C(C)C)NC(=O)c1cccc([N+](=O)[O-])c1. The zero-order valence-corrected chi connectivity index (χ0v) is 21.6. The van der Waals surface area contributed by atoms with Gasteiger partial charge < -0.3 is 10.1 Å². The zero-order valence-electron chi connectivity index (χ0n) is 20.8. The first-order valence-corrected chi connectivity index (χ1v) is 12.4. The zero-order chi connectivity index (χ0) is 25.5. The fraction of sp³-hybridized carbons (Fsp3) is 0.462. The summed E-state index contributed by atoms with van der Waals surface area (Å²) in [4.78, 5) is 35.0. The van der Waals surface area contributed by atoms with Gasteiger partial charge in [-0.2, -0.15) is 11.8 Å². The number of methoxy groups -OCH3 is 1. The second-order valence-electron chi connectivity index (χ2n) is 8.35. The maximum atomic E-state index is 12.5. The first-order valence-electron chi connectivity index (χ1n) is 11.3. The Bertz CT molecular complexity index is 933. The van der Waals surface area contributed by atoms with Gasteiger partial charge in [-0.25, -0.2) is 4.79 Å². The molecule has 186 valence electrons. The molecular formula is C26H36N2O5S. The van der Waals surface area contributed by atoms with Gasteiger partial charge in [0.05, 0.1) is 12.0 Å². The third-order valence-corrected chi connectivity index (χ3v) is 6.04. The maximum Gasteiger partial charge on any atom is 0.329 e. The van der Waals surface area contributed by atoms with Crippen molar-refractivity contribution >= 4 is 29.3 Å². The third kappa shape index (κ3) is 11.8. The highest BCUT2D eigenvalue weighted by molar-refractivity contribution is 7.99. The number of nitro groups is 1. The quantitative estimate of drug-likeness (QED) is 0.113. The van der Waals surface area contributed by atoms with Crippen LogP contribution in [0.25, 0.3) is 0 Å². The number of carbonyl (C=O) groups excluding carboxylic acids is 2. The van der Waals surface area contributed by atoms with Crippen LogP contribution < -0.4 is 5.32 Å². The van der Waals surface area contributed by atoms with Gasteiger partial charge in [-0.05, 0) is 59.4 Å². The summed E-state index contributed by atoms with van der Waals surface area (Å²) in [6, 6.07) is 4.54. The summed E-state index contributed by atoms with van der Waals surface area (Å²) in [6.07, 6.45) is 10.8. The highest BCUT2D eigenvalue weighted by atomic mass is 32.2. The minimum atomic E-state index is -0.846. The minimum Gasteiger partial charge on any atom is -0.467 e. The summed E-state index contributed by atoms with van der Waals surface area (Å²) in [5, 5.41) is 13.5.